The van der Waals surface area contributed by atoms with Crippen LogP contribution in [0, 0.1) is 5.92 Å². The van der Waals surface area contributed by atoms with Crippen molar-refractivity contribution in [3.63, 3.8) is 0 Å². The first-order valence-electron chi connectivity index (χ1n) is 6.45. The lowest BCUT2D eigenvalue weighted by Gasteiger charge is -2.18. The van der Waals surface area contributed by atoms with Gasteiger partial charge in [0.15, 0.2) is 6.61 Å². The number of amides is 1. The average molecular weight is 280 g/mol. The molecule has 0 unspecified atom stereocenters. The highest BCUT2D eigenvalue weighted by atomic mass is 16.5. The molecule has 0 aliphatic heterocycles. The van der Waals surface area contributed by atoms with Crippen LogP contribution < -0.4 is 15.8 Å². The van der Waals surface area contributed by atoms with Crippen molar-refractivity contribution >= 4 is 17.6 Å². The van der Waals surface area contributed by atoms with Gasteiger partial charge in [0.25, 0.3) is 0 Å². The van der Waals surface area contributed by atoms with Crippen LogP contribution in [0.3, 0.4) is 0 Å². The molecule has 0 radical (unpaired) electrons. The number of hydrogen-bond donors (Lipinski definition) is 3. The van der Waals surface area contributed by atoms with E-state index < -0.39 is 18.6 Å². The summed E-state index contributed by atoms with van der Waals surface area (Å²) < 4.78 is 5.04. The maximum absolute atomic E-state index is 11.9. The van der Waals surface area contributed by atoms with Crippen LogP contribution in [0.2, 0.25) is 0 Å². The maximum atomic E-state index is 11.9. The summed E-state index contributed by atoms with van der Waals surface area (Å²) in [5.74, 6) is -0.864. The van der Waals surface area contributed by atoms with Gasteiger partial charge in [0.2, 0.25) is 5.91 Å². The number of benzene rings is 1. The van der Waals surface area contributed by atoms with Gasteiger partial charge in [-0.2, -0.15) is 0 Å². The zero-order valence-electron chi connectivity index (χ0n) is 11.6. The molecule has 20 heavy (non-hydrogen) atoms. The van der Waals surface area contributed by atoms with Gasteiger partial charge in [0, 0.05) is 11.8 Å². The summed E-state index contributed by atoms with van der Waals surface area (Å²) in [4.78, 5) is 22.3. The van der Waals surface area contributed by atoms with E-state index in [0.29, 0.717) is 11.4 Å². The van der Waals surface area contributed by atoms with Gasteiger partial charge in [-0.15, -0.1) is 0 Å². The zero-order valence-corrected chi connectivity index (χ0v) is 11.6. The fraction of sp³-hybridized carbons (Fsp3) is 0.429. The topological polar surface area (TPSA) is 102 Å². The number of carboxylic acids is 1. The number of rotatable bonds is 7. The van der Waals surface area contributed by atoms with Crippen molar-refractivity contribution in [1.29, 1.82) is 0 Å². The van der Waals surface area contributed by atoms with Gasteiger partial charge in [-0.3, -0.25) is 4.79 Å². The second kappa shape index (κ2) is 7.49. The third-order valence-corrected chi connectivity index (χ3v) is 3.02. The summed E-state index contributed by atoms with van der Waals surface area (Å²) in [5.41, 5.74) is 6.36. The number of anilines is 1. The molecule has 110 valence electrons. The lowest BCUT2D eigenvalue weighted by molar-refractivity contribution is -0.139. The first-order valence-corrected chi connectivity index (χ1v) is 6.45. The predicted octanol–water partition coefficient (Wildman–Crippen LogP) is 1.46. The number of aliphatic carboxylic acids is 1. The molecule has 4 N–H and O–H groups in total. The van der Waals surface area contributed by atoms with Gasteiger partial charge in [0.05, 0.1) is 6.04 Å². The molecule has 0 heterocycles. The Hall–Kier alpha value is -2.08. The number of ether oxygens (including phenoxy) is 1. The minimum Gasteiger partial charge on any atom is -0.482 e. The van der Waals surface area contributed by atoms with Crippen molar-refractivity contribution < 1.29 is 19.4 Å². The summed E-state index contributed by atoms with van der Waals surface area (Å²) in [5, 5.41) is 11.2. The number of hydrogen-bond acceptors (Lipinski definition) is 4. The fourth-order valence-corrected chi connectivity index (χ4v) is 1.55. The van der Waals surface area contributed by atoms with E-state index in [-0.39, 0.29) is 11.8 Å². The van der Waals surface area contributed by atoms with Crippen molar-refractivity contribution in [2.24, 2.45) is 11.7 Å². The minimum atomic E-state index is -1.06. The van der Waals surface area contributed by atoms with Gasteiger partial charge in [-0.25, -0.2) is 4.79 Å². The largest absolute Gasteiger partial charge is 0.482 e. The summed E-state index contributed by atoms with van der Waals surface area (Å²) in [6, 6.07) is 5.96. The van der Waals surface area contributed by atoms with Gasteiger partial charge >= 0.3 is 5.97 Å². The highest BCUT2D eigenvalue weighted by molar-refractivity contribution is 5.95. The normalized spacial score (nSPS) is 13.3. The molecule has 0 fully saturated rings. The van der Waals surface area contributed by atoms with E-state index in [1.165, 1.54) is 0 Å². The Kier molecular flexibility index (Phi) is 5.99. The van der Waals surface area contributed by atoms with Crippen molar-refractivity contribution in [1.82, 2.24) is 0 Å². The lowest BCUT2D eigenvalue weighted by atomic mass is 9.99. The van der Waals surface area contributed by atoms with E-state index in [9.17, 15) is 9.59 Å². The predicted molar refractivity (Wildman–Crippen MR) is 75.6 cm³/mol. The lowest BCUT2D eigenvalue weighted by Crippen LogP contribution is -2.40. The minimum absolute atomic E-state index is 0.0847. The number of nitrogens with two attached hydrogens (primary N) is 1. The molecule has 6 heteroatoms. The summed E-state index contributed by atoms with van der Waals surface area (Å²) in [6.45, 7) is 3.46. The molecule has 2 atom stereocenters. The van der Waals surface area contributed by atoms with Crippen LogP contribution in [0.25, 0.3) is 0 Å². The third kappa shape index (κ3) is 4.89. The van der Waals surface area contributed by atoms with E-state index in [1.54, 1.807) is 24.3 Å². The van der Waals surface area contributed by atoms with E-state index in [0.717, 1.165) is 6.42 Å². The van der Waals surface area contributed by atoms with Crippen LogP contribution in [0.5, 0.6) is 5.75 Å². The first kappa shape index (κ1) is 16.0. The van der Waals surface area contributed by atoms with Crippen molar-refractivity contribution in [3.05, 3.63) is 24.3 Å². The maximum Gasteiger partial charge on any atom is 0.341 e. The Bertz CT molecular complexity index is 476. The molecule has 1 aromatic rings. The molecule has 0 spiro atoms. The Morgan fingerprint density at radius 3 is 2.75 bits per heavy atom. The van der Waals surface area contributed by atoms with Crippen LogP contribution in [0.4, 0.5) is 5.69 Å². The molecule has 1 amide bonds. The molecule has 6 nitrogen and oxygen atoms in total. The molecule has 1 rings (SSSR count). The molecule has 0 aromatic heterocycles. The number of carboxylic acid groups (broad SMARTS) is 1. The monoisotopic (exact) mass is 280 g/mol. The van der Waals surface area contributed by atoms with Crippen LogP contribution in [-0.2, 0) is 9.59 Å². The number of carbonyl (C=O) groups excluding carboxylic acids is 1. The number of nitrogens with one attached hydrogen (secondary N) is 1. The van der Waals surface area contributed by atoms with E-state index in [2.05, 4.69) is 5.32 Å². The van der Waals surface area contributed by atoms with Gasteiger partial charge in [-0.05, 0) is 18.1 Å². The molecule has 0 bridgehead atoms. The van der Waals surface area contributed by atoms with Crippen LogP contribution in [-0.4, -0.2) is 29.6 Å². The van der Waals surface area contributed by atoms with E-state index >= 15 is 0 Å². The second-order valence-electron chi connectivity index (χ2n) is 4.61. The molecule has 0 aliphatic carbocycles. The average Bonchev–Trinajstić information content (AvgIpc) is 2.43. The molecule has 0 aliphatic rings. The van der Waals surface area contributed by atoms with Crippen molar-refractivity contribution in [2.75, 3.05) is 11.9 Å². The smallest absolute Gasteiger partial charge is 0.341 e. The van der Waals surface area contributed by atoms with Crippen LogP contribution >= 0.6 is 0 Å². The number of carbonyl (C=O) groups is 2. The second-order valence-corrected chi connectivity index (χ2v) is 4.61. The molecule has 1 aromatic carbocycles. The quantitative estimate of drug-likeness (QED) is 0.702. The summed E-state index contributed by atoms with van der Waals surface area (Å²) in [6.07, 6.45) is 0.816. The van der Waals surface area contributed by atoms with Gasteiger partial charge < -0.3 is 20.9 Å². The Morgan fingerprint density at radius 1 is 1.45 bits per heavy atom. The standard InChI is InChI=1S/C14H20N2O4/c1-3-9(2)13(15)14(19)16-10-5-4-6-11(7-10)20-8-12(17)18/h4-7,9,13H,3,8,15H2,1-2H3,(H,16,19)(H,17,18)/t9-,13-/m0/s1. The molecule has 0 saturated carbocycles. The SMILES string of the molecule is CC[C@H](C)[C@H](N)C(=O)Nc1cccc(OCC(=O)O)c1. The Balaban J connectivity index is 2.66. The summed E-state index contributed by atoms with van der Waals surface area (Å²) in [7, 11) is 0. The Morgan fingerprint density at radius 2 is 2.15 bits per heavy atom. The van der Waals surface area contributed by atoms with Crippen molar-refractivity contribution in [2.45, 2.75) is 26.3 Å². The van der Waals surface area contributed by atoms with E-state index in [4.69, 9.17) is 15.6 Å². The summed E-state index contributed by atoms with van der Waals surface area (Å²) >= 11 is 0. The van der Waals surface area contributed by atoms with Crippen molar-refractivity contribution in [3.8, 4) is 5.75 Å². The zero-order chi connectivity index (χ0) is 15.1. The fourth-order valence-electron chi connectivity index (χ4n) is 1.55. The van der Waals surface area contributed by atoms with Crippen LogP contribution in [0.1, 0.15) is 20.3 Å². The molecular formula is C14H20N2O4. The Labute approximate surface area is 117 Å². The van der Waals surface area contributed by atoms with Crippen LogP contribution in [0.15, 0.2) is 24.3 Å². The third-order valence-electron chi connectivity index (χ3n) is 3.02. The highest BCUT2D eigenvalue weighted by Gasteiger charge is 2.19. The molecule has 0 saturated heterocycles. The van der Waals surface area contributed by atoms with Gasteiger partial charge in [0.1, 0.15) is 5.75 Å². The highest BCUT2D eigenvalue weighted by Crippen LogP contribution is 2.18. The molecular weight excluding hydrogens is 260 g/mol. The van der Waals surface area contributed by atoms with E-state index in [1.807, 2.05) is 13.8 Å². The first-order chi connectivity index (χ1) is 9.43. The van der Waals surface area contributed by atoms with Gasteiger partial charge in [-0.1, -0.05) is 26.3 Å².